The number of rotatable bonds is 5. The maximum atomic E-state index is 13.4. The van der Waals surface area contributed by atoms with Crippen molar-refractivity contribution in [2.75, 3.05) is 6.54 Å². The predicted molar refractivity (Wildman–Crippen MR) is 63.5 cm³/mol. The molecule has 0 aliphatic carbocycles. The second-order valence-corrected chi connectivity index (χ2v) is 4.65. The first-order valence-corrected chi connectivity index (χ1v) is 5.77. The number of aliphatic hydroxyl groups is 1. The van der Waals surface area contributed by atoms with Gasteiger partial charge in [-0.1, -0.05) is 13.8 Å². The maximum absolute atomic E-state index is 13.4. The van der Waals surface area contributed by atoms with E-state index < -0.39 is 17.7 Å². The van der Waals surface area contributed by atoms with Crippen LogP contribution in [0.25, 0.3) is 0 Å². The average molecular weight is 243 g/mol. The molecule has 0 aromatic heterocycles. The Morgan fingerprint density at radius 3 is 2.47 bits per heavy atom. The summed E-state index contributed by atoms with van der Waals surface area (Å²) in [6.45, 7) is 4.22. The number of halogens is 2. The monoisotopic (exact) mass is 243 g/mol. The van der Waals surface area contributed by atoms with Gasteiger partial charge in [0.25, 0.3) is 0 Å². The minimum absolute atomic E-state index is 0.0869. The standard InChI is InChI=1S/C13H19F2NO/c1-8(2)11(7-16)13(17)6-9-5-10(14)3-4-12(9)15/h3-5,8,11,13,17H,6-7,16H2,1-2H3. The van der Waals surface area contributed by atoms with Gasteiger partial charge < -0.3 is 10.8 Å². The van der Waals surface area contributed by atoms with E-state index in [0.29, 0.717) is 6.54 Å². The molecule has 0 bridgehead atoms. The molecule has 0 radical (unpaired) electrons. The predicted octanol–water partition coefficient (Wildman–Crippen LogP) is 2.10. The topological polar surface area (TPSA) is 46.2 Å². The van der Waals surface area contributed by atoms with Crippen LogP contribution < -0.4 is 5.73 Å². The van der Waals surface area contributed by atoms with Crippen molar-refractivity contribution in [2.45, 2.75) is 26.4 Å². The maximum Gasteiger partial charge on any atom is 0.126 e. The summed E-state index contributed by atoms with van der Waals surface area (Å²) in [5, 5.41) is 9.98. The molecule has 0 amide bonds. The van der Waals surface area contributed by atoms with Gasteiger partial charge in [0.2, 0.25) is 0 Å². The van der Waals surface area contributed by atoms with Crippen molar-refractivity contribution in [1.29, 1.82) is 0 Å². The van der Waals surface area contributed by atoms with E-state index in [0.717, 1.165) is 18.2 Å². The third-order valence-corrected chi connectivity index (χ3v) is 3.06. The summed E-state index contributed by atoms with van der Waals surface area (Å²) in [4.78, 5) is 0. The van der Waals surface area contributed by atoms with Crippen molar-refractivity contribution in [1.82, 2.24) is 0 Å². The summed E-state index contributed by atoms with van der Waals surface area (Å²) in [5.41, 5.74) is 5.76. The Hall–Kier alpha value is -1.00. The summed E-state index contributed by atoms with van der Waals surface area (Å²) >= 11 is 0. The zero-order valence-corrected chi connectivity index (χ0v) is 10.2. The van der Waals surface area contributed by atoms with Crippen molar-refractivity contribution in [2.24, 2.45) is 17.6 Å². The molecule has 4 heteroatoms. The van der Waals surface area contributed by atoms with Crippen molar-refractivity contribution in [3.63, 3.8) is 0 Å². The van der Waals surface area contributed by atoms with Gasteiger partial charge in [0.05, 0.1) is 6.10 Å². The van der Waals surface area contributed by atoms with E-state index >= 15 is 0 Å². The van der Waals surface area contributed by atoms with E-state index in [-0.39, 0.29) is 23.8 Å². The molecule has 0 aliphatic heterocycles. The summed E-state index contributed by atoms with van der Waals surface area (Å²) in [6.07, 6.45) is -0.666. The fourth-order valence-corrected chi connectivity index (χ4v) is 1.95. The van der Waals surface area contributed by atoms with Crippen molar-refractivity contribution < 1.29 is 13.9 Å². The van der Waals surface area contributed by atoms with E-state index in [1.807, 2.05) is 13.8 Å². The summed E-state index contributed by atoms with van der Waals surface area (Å²) in [5.74, 6) is -0.906. The van der Waals surface area contributed by atoms with Crippen LogP contribution in [0.15, 0.2) is 18.2 Å². The largest absolute Gasteiger partial charge is 0.392 e. The third-order valence-electron chi connectivity index (χ3n) is 3.06. The van der Waals surface area contributed by atoms with Gasteiger partial charge in [0.1, 0.15) is 11.6 Å². The molecule has 0 aliphatic rings. The second kappa shape index (κ2) is 6.07. The molecule has 1 rings (SSSR count). The van der Waals surface area contributed by atoms with Crippen LogP contribution in [0.3, 0.4) is 0 Å². The van der Waals surface area contributed by atoms with Gasteiger partial charge in [-0.15, -0.1) is 0 Å². The van der Waals surface area contributed by atoms with E-state index in [2.05, 4.69) is 0 Å². The number of hydrogen-bond acceptors (Lipinski definition) is 2. The lowest BCUT2D eigenvalue weighted by molar-refractivity contribution is 0.0855. The zero-order chi connectivity index (χ0) is 13.0. The molecule has 2 nitrogen and oxygen atoms in total. The minimum Gasteiger partial charge on any atom is -0.392 e. The number of nitrogens with two attached hydrogens (primary N) is 1. The highest BCUT2D eigenvalue weighted by atomic mass is 19.1. The fourth-order valence-electron chi connectivity index (χ4n) is 1.95. The third kappa shape index (κ3) is 3.75. The molecule has 2 unspecified atom stereocenters. The lowest BCUT2D eigenvalue weighted by Gasteiger charge is -2.25. The van der Waals surface area contributed by atoms with Gasteiger partial charge >= 0.3 is 0 Å². The lowest BCUT2D eigenvalue weighted by Crippen LogP contribution is -2.33. The zero-order valence-electron chi connectivity index (χ0n) is 10.2. The molecular formula is C13H19F2NO. The summed E-state index contributed by atoms with van der Waals surface area (Å²) in [6, 6.07) is 3.25. The Balaban J connectivity index is 2.79. The number of hydrogen-bond donors (Lipinski definition) is 2. The Morgan fingerprint density at radius 1 is 1.29 bits per heavy atom. The molecule has 0 saturated heterocycles. The van der Waals surface area contributed by atoms with E-state index in [1.54, 1.807) is 0 Å². The van der Waals surface area contributed by atoms with Crippen LogP contribution in [0.1, 0.15) is 19.4 Å². The van der Waals surface area contributed by atoms with Gasteiger partial charge in [-0.25, -0.2) is 8.78 Å². The number of aliphatic hydroxyl groups excluding tert-OH is 1. The second-order valence-electron chi connectivity index (χ2n) is 4.65. The SMILES string of the molecule is CC(C)C(CN)C(O)Cc1cc(F)ccc1F. The van der Waals surface area contributed by atoms with Crippen molar-refractivity contribution >= 4 is 0 Å². The molecule has 96 valence electrons. The minimum atomic E-state index is -0.753. The molecule has 1 aromatic carbocycles. The van der Waals surface area contributed by atoms with Gasteiger partial charge in [0.15, 0.2) is 0 Å². The van der Waals surface area contributed by atoms with Crippen LogP contribution in [0, 0.1) is 23.5 Å². The van der Waals surface area contributed by atoms with Gasteiger partial charge in [-0.3, -0.25) is 0 Å². The molecule has 0 spiro atoms. The van der Waals surface area contributed by atoms with Crippen LogP contribution in [0.4, 0.5) is 8.78 Å². The Labute approximate surface area is 100 Å². The lowest BCUT2D eigenvalue weighted by atomic mass is 9.87. The normalized spacial score (nSPS) is 15.0. The van der Waals surface area contributed by atoms with Crippen LogP contribution in [0.5, 0.6) is 0 Å². The van der Waals surface area contributed by atoms with E-state index in [9.17, 15) is 13.9 Å². The molecule has 0 saturated carbocycles. The van der Waals surface area contributed by atoms with Gasteiger partial charge in [-0.2, -0.15) is 0 Å². The molecule has 0 heterocycles. The first-order chi connectivity index (χ1) is 7.95. The van der Waals surface area contributed by atoms with E-state index in [1.165, 1.54) is 0 Å². The quantitative estimate of drug-likeness (QED) is 0.832. The van der Waals surface area contributed by atoms with Crippen LogP contribution in [-0.2, 0) is 6.42 Å². The van der Waals surface area contributed by atoms with Crippen LogP contribution >= 0.6 is 0 Å². The first-order valence-electron chi connectivity index (χ1n) is 5.77. The Kier molecular flexibility index (Phi) is 5.02. The van der Waals surface area contributed by atoms with Crippen molar-refractivity contribution in [3.05, 3.63) is 35.4 Å². The fraction of sp³-hybridized carbons (Fsp3) is 0.538. The van der Waals surface area contributed by atoms with Gasteiger partial charge in [-0.05, 0) is 42.1 Å². The molecule has 1 aromatic rings. The van der Waals surface area contributed by atoms with Gasteiger partial charge in [0, 0.05) is 6.42 Å². The highest BCUT2D eigenvalue weighted by Crippen LogP contribution is 2.19. The molecular weight excluding hydrogens is 224 g/mol. The highest BCUT2D eigenvalue weighted by molar-refractivity contribution is 5.19. The molecule has 3 N–H and O–H groups in total. The van der Waals surface area contributed by atoms with Crippen molar-refractivity contribution in [3.8, 4) is 0 Å². The first kappa shape index (κ1) is 14.1. The molecule has 17 heavy (non-hydrogen) atoms. The smallest absolute Gasteiger partial charge is 0.126 e. The number of benzene rings is 1. The molecule has 2 atom stereocenters. The Bertz CT molecular complexity index is 368. The summed E-state index contributed by atoms with van der Waals surface area (Å²) < 4.78 is 26.4. The summed E-state index contributed by atoms with van der Waals surface area (Å²) in [7, 11) is 0. The Morgan fingerprint density at radius 2 is 1.94 bits per heavy atom. The highest BCUT2D eigenvalue weighted by Gasteiger charge is 2.22. The van der Waals surface area contributed by atoms with Crippen LogP contribution in [-0.4, -0.2) is 17.8 Å². The van der Waals surface area contributed by atoms with E-state index in [4.69, 9.17) is 5.73 Å². The molecule has 0 fully saturated rings. The van der Waals surface area contributed by atoms with Crippen LogP contribution in [0.2, 0.25) is 0 Å². The average Bonchev–Trinajstić information content (AvgIpc) is 2.24.